The van der Waals surface area contributed by atoms with E-state index in [1.807, 2.05) is 13.8 Å². The number of phenols is 1. The van der Waals surface area contributed by atoms with E-state index < -0.39 is 11.7 Å². The van der Waals surface area contributed by atoms with Gasteiger partial charge in [0.1, 0.15) is 17.1 Å². The summed E-state index contributed by atoms with van der Waals surface area (Å²) in [5.41, 5.74) is -0.309. The molecule has 0 spiro atoms. The third-order valence-electron chi connectivity index (χ3n) is 2.40. The monoisotopic (exact) mass is 303 g/mol. The zero-order valence-corrected chi connectivity index (χ0v) is 11.3. The summed E-state index contributed by atoms with van der Waals surface area (Å²) in [7, 11) is 0. The van der Waals surface area contributed by atoms with Gasteiger partial charge in [0.15, 0.2) is 0 Å². The molecule has 1 atom stereocenters. The minimum atomic E-state index is -0.724. The minimum absolute atomic E-state index is 0.111. The fraction of sp³-hybridized carbons (Fsp3) is 0.417. The first-order valence-corrected chi connectivity index (χ1v) is 6.24. The highest BCUT2D eigenvalue weighted by Crippen LogP contribution is 2.19. The molecule has 0 aliphatic rings. The van der Waals surface area contributed by atoms with Crippen LogP contribution >= 0.6 is 15.9 Å². The SMILES string of the molecule is CC(C)C(Br)CNC(=O)c1c(O)cccc1F. The Morgan fingerprint density at radius 3 is 2.71 bits per heavy atom. The molecule has 0 saturated heterocycles. The summed E-state index contributed by atoms with van der Waals surface area (Å²) in [6.07, 6.45) is 0. The molecule has 0 heterocycles. The van der Waals surface area contributed by atoms with Crippen molar-refractivity contribution in [2.24, 2.45) is 5.92 Å². The van der Waals surface area contributed by atoms with Crippen LogP contribution in [0.1, 0.15) is 24.2 Å². The topological polar surface area (TPSA) is 49.3 Å². The summed E-state index contributed by atoms with van der Waals surface area (Å²) < 4.78 is 13.4. The lowest BCUT2D eigenvalue weighted by Gasteiger charge is -2.14. The first-order valence-electron chi connectivity index (χ1n) is 5.33. The standard InChI is InChI=1S/C12H15BrFNO2/c1-7(2)8(13)6-15-12(17)11-9(14)4-3-5-10(11)16/h3-5,7-8,16H,6H2,1-2H3,(H,15,17). The number of amides is 1. The Morgan fingerprint density at radius 2 is 2.18 bits per heavy atom. The molecule has 2 N–H and O–H groups in total. The Hall–Kier alpha value is -1.10. The van der Waals surface area contributed by atoms with E-state index in [1.165, 1.54) is 12.1 Å². The molecule has 0 bridgehead atoms. The quantitative estimate of drug-likeness (QED) is 0.840. The second-order valence-electron chi connectivity index (χ2n) is 4.10. The first kappa shape index (κ1) is 14.0. The van der Waals surface area contributed by atoms with Crippen molar-refractivity contribution in [3.63, 3.8) is 0 Å². The largest absolute Gasteiger partial charge is 0.507 e. The van der Waals surface area contributed by atoms with Crippen molar-refractivity contribution in [3.05, 3.63) is 29.6 Å². The predicted molar refractivity (Wildman–Crippen MR) is 68.0 cm³/mol. The van der Waals surface area contributed by atoms with Crippen LogP contribution in [0, 0.1) is 11.7 Å². The average molecular weight is 304 g/mol. The van der Waals surface area contributed by atoms with E-state index in [1.54, 1.807) is 0 Å². The van der Waals surface area contributed by atoms with E-state index in [0.717, 1.165) is 6.07 Å². The maximum atomic E-state index is 13.4. The zero-order chi connectivity index (χ0) is 13.0. The Morgan fingerprint density at radius 1 is 1.53 bits per heavy atom. The molecule has 1 aromatic carbocycles. The molecule has 5 heteroatoms. The van der Waals surface area contributed by atoms with Gasteiger partial charge in [-0.2, -0.15) is 0 Å². The van der Waals surface area contributed by atoms with Crippen molar-refractivity contribution in [2.45, 2.75) is 18.7 Å². The minimum Gasteiger partial charge on any atom is -0.507 e. The highest BCUT2D eigenvalue weighted by molar-refractivity contribution is 9.09. The van der Waals surface area contributed by atoms with Gasteiger partial charge in [-0.3, -0.25) is 4.79 Å². The van der Waals surface area contributed by atoms with Crippen LogP contribution in [-0.4, -0.2) is 22.4 Å². The average Bonchev–Trinajstić information content (AvgIpc) is 2.25. The van der Waals surface area contributed by atoms with Gasteiger partial charge in [0.05, 0.1) is 0 Å². The fourth-order valence-corrected chi connectivity index (χ4v) is 1.41. The van der Waals surface area contributed by atoms with E-state index in [4.69, 9.17) is 0 Å². The van der Waals surface area contributed by atoms with Gasteiger partial charge in [-0.25, -0.2) is 4.39 Å². The molecule has 0 saturated carbocycles. The summed E-state index contributed by atoms with van der Waals surface area (Å²) in [6, 6.07) is 3.78. The molecular weight excluding hydrogens is 289 g/mol. The van der Waals surface area contributed by atoms with Crippen molar-refractivity contribution < 1.29 is 14.3 Å². The molecule has 94 valence electrons. The summed E-state index contributed by atoms with van der Waals surface area (Å²) in [5, 5.41) is 12.0. The van der Waals surface area contributed by atoms with Crippen LogP contribution in [0.4, 0.5) is 4.39 Å². The molecule has 0 radical (unpaired) electrons. The maximum Gasteiger partial charge on any atom is 0.258 e. The van der Waals surface area contributed by atoms with E-state index in [0.29, 0.717) is 12.5 Å². The van der Waals surface area contributed by atoms with Crippen molar-refractivity contribution in [3.8, 4) is 5.75 Å². The lowest BCUT2D eigenvalue weighted by Crippen LogP contribution is -2.32. The number of rotatable bonds is 4. The highest BCUT2D eigenvalue weighted by Gasteiger charge is 2.17. The van der Waals surface area contributed by atoms with Crippen LogP contribution in [0.5, 0.6) is 5.75 Å². The number of carbonyl (C=O) groups excluding carboxylic acids is 1. The Bertz CT molecular complexity index is 389. The van der Waals surface area contributed by atoms with Gasteiger partial charge in [0.2, 0.25) is 0 Å². The van der Waals surface area contributed by atoms with Crippen molar-refractivity contribution in [2.75, 3.05) is 6.54 Å². The van der Waals surface area contributed by atoms with Gasteiger partial charge in [-0.15, -0.1) is 0 Å². The first-order chi connectivity index (χ1) is 7.93. The second kappa shape index (κ2) is 6.00. The van der Waals surface area contributed by atoms with Gasteiger partial charge >= 0.3 is 0 Å². The molecule has 0 aliphatic heterocycles. The van der Waals surface area contributed by atoms with Crippen molar-refractivity contribution in [1.82, 2.24) is 5.32 Å². The van der Waals surface area contributed by atoms with Gasteiger partial charge in [0.25, 0.3) is 5.91 Å². The van der Waals surface area contributed by atoms with Gasteiger partial charge < -0.3 is 10.4 Å². The number of hydrogen-bond donors (Lipinski definition) is 2. The smallest absolute Gasteiger partial charge is 0.258 e. The number of nitrogens with one attached hydrogen (secondary N) is 1. The molecule has 1 amide bonds. The van der Waals surface area contributed by atoms with E-state index in [2.05, 4.69) is 21.2 Å². The van der Waals surface area contributed by atoms with Crippen LogP contribution < -0.4 is 5.32 Å². The van der Waals surface area contributed by atoms with Gasteiger partial charge in [-0.1, -0.05) is 35.8 Å². The third kappa shape index (κ3) is 3.70. The van der Waals surface area contributed by atoms with E-state index >= 15 is 0 Å². The Balaban J connectivity index is 2.71. The van der Waals surface area contributed by atoms with Gasteiger partial charge in [-0.05, 0) is 18.1 Å². The number of alkyl halides is 1. The van der Waals surface area contributed by atoms with Crippen LogP contribution in [-0.2, 0) is 0 Å². The Kier molecular flexibility index (Phi) is 4.93. The molecule has 3 nitrogen and oxygen atoms in total. The number of benzene rings is 1. The van der Waals surface area contributed by atoms with Crippen LogP contribution in [0.3, 0.4) is 0 Å². The van der Waals surface area contributed by atoms with E-state index in [9.17, 15) is 14.3 Å². The number of aromatic hydroxyl groups is 1. The Labute approximate surface area is 108 Å². The van der Waals surface area contributed by atoms with E-state index in [-0.39, 0.29) is 16.1 Å². The molecule has 1 unspecified atom stereocenters. The number of carbonyl (C=O) groups is 1. The second-order valence-corrected chi connectivity index (χ2v) is 5.28. The molecule has 0 fully saturated rings. The number of phenolic OH excluding ortho intramolecular Hbond substituents is 1. The zero-order valence-electron chi connectivity index (χ0n) is 9.71. The van der Waals surface area contributed by atoms with Crippen LogP contribution in [0.2, 0.25) is 0 Å². The van der Waals surface area contributed by atoms with Gasteiger partial charge in [0, 0.05) is 11.4 Å². The summed E-state index contributed by atoms with van der Waals surface area (Å²) >= 11 is 3.41. The van der Waals surface area contributed by atoms with Crippen LogP contribution in [0.15, 0.2) is 18.2 Å². The summed E-state index contributed by atoms with van der Waals surface area (Å²) in [5.74, 6) is -1.33. The lowest BCUT2D eigenvalue weighted by atomic mass is 10.1. The molecule has 1 aromatic rings. The summed E-state index contributed by atoms with van der Waals surface area (Å²) in [4.78, 5) is 11.8. The normalized spacial score (nSPS) is 12.5. The van der Waals surface area contributed by atoms with Crippen molar-refractivity contribution >= 4 is 21.8 Å². The van der Waals surface area contributed by atoms with Crippen molar-refractivity contribution in [1.29, 1.82) is 0 Å². The highest BCUT2D eigenvalue weighted by atomic mass is 79.9. The lowest BCUT2D eigenvalue weighted by molar-refractivity contribution is 0.0946. The third-order valence-corrected chi connectivity index (χ3v) is 3.78. The van der Waals surface area contributed by atoms with Crippen LogP contribution in [0.25, 0.3) is 0 Å². The molecule has 0 aliphatic carbocycles. The molecule has 0 aromatic heterocycles. The number of hydrogen-bond acceptors (Lipinski definition) is 2. The molecule has 17 heavy (non-hydrogen) atoms. The number of halogens is 2. The summed E-state index contributed by atoms with van der Waals surface area (Å²) in [6.45, 7) is 4.39. The fourth-order valence-electron chi connectivity index (χ4n) is 1.25. The molecular formula is C12H15BrFNO2. The maximum absolute atomic E-state index is 13.4. The predicted octanol–water partition coefficient (Wildman–Crippen LogP) is 2.68. The molecule has 1 rings (SSSR count).